The first kappa shape index (κ1) is 11.8. The number of likely N-dealkylation sites (tertiary alicyclic amines) is 1. The van der Waals surface area contributed by atoms with Gasteiger partial charge in [-0.3, -0.25) is 9.59 Å². The van der Waals surface area contributed by atoms with Crippen LogP contribution < -0.4 is 0 Å². The molecule has 0 radical (unpaired) electrons. The molecule has 1 fully saturated rings. The van der Waals surface area contributed by atoms with E-state index in [1.54, 1.807) is 4.90 Å². The van der Waals surface area contributed by atoms with Crippen LogP contribution in [0.25, 0.3) is 0 Å². The van der Waals surface area contributed by atoms with Crippen LogP contribution in [0.4, 0.5) is 0 Å². The highest BCUT2D eigenvalue weighted by atomic mass is 16.5. The molecule has 0 aromatic rings. The number of ether oxygens (including phenoxy) is 1. The molecule has 0 bridgehead atoms. The predicted molar refractivity (Wildman–Crippen MR) is 56.1 cm³/mol. The lowest BCUT2D eigenvalue weighted by atomic mass is 10.1. The van der Waals surface area contributed by atoms with Crippen LogP contribution in [0.3, 0.4) is 0 Å². The predicted octanol–water partition coefficient (Wildman–Crippen LogP) is 0.973. The molecule has 1 aliphatic heterocycles. The molecule has 1 saturated heterocycles. The Bertz CT molecular complexity index is 273. The highest BCUT2D eigenvalue weighted by molar-refractivity contribution is 5.88. The average Bonchev–Trinajstić information content (AvgIpc) is 2.64. The van der Waals surface area contributed by atoms with Crippen molar-refractivity contribution in [2.45, 2.75) is 26.4 Å². The van der Waals surface area contributed by atoms with Gasteiger partial charge in [0.15, 0.2) is 0 Å². The van der Waals surface area contributed by atoms with Gasteiger partial charge in [0.25, 0.3) is 0 Å². The third-order valence-corrected chi connectivity index (χ3v) is 2.36. The Balaban J connectivity index is 2.45. The smallest absolute Gasteiger partial charge is 0.311 e. The first-order valence-corrected chi connectivity index (χ1v) is 5.16. The van der Waals surface area contributed by atoms with Crippen LogP contribution in [-0.4, -0.2) is 36.0 Å². The van der Waals surface area contributed by atoms with Crippen LogP contribution in [0.15, 0.2) is 12.7 Å². The third kappa shape index (κ3) is 3.08. The monoisotopic (exact) mass is 211 g/mol. The van der Waals surface area contributed by atoms with E-state index in [2.05, 4.69) is 6.58 Å². The summed E-state index contributed by atoms with van der Waals surface area (Å²) in [6.07, 6.45) is 1.86. The SMILES string of the molecule is C=CC(=O)N1CCC(C(=O)OC(C)C)C1. The van der Waals surface area contributed by atoms with Gasteiger partial charge in [-0.2, -0.15) is 0 Å². The van der Waals surface area contributed by atoms with Crippen molar-refractivity contribution in [2.24, 2.45) is 5.92 Å². The summed E-state index contributed by atoms with van der Waals surface area (Å²) in [5.41, 5.74) is 0. The van der Waals surface area contributed by atoms with Crippen LogP contribution in [0.1, 0.15) is 20.3 Å². The van der Waals surface area contributed by atoms with E-state index in [-0.39, 0.29) is 23.9 Å². The Kier molecular flexibility index (Phi) is 3.88. The van der Waals surface area contributed by atoms with Gasteiger partial charge in [-0.25, -0.2) is 0 Å². The second-order valence-electron chi connectivity index (χ2n) is 3.96. The zero-order valence-electron chi connectivity index (χ0n) is 9.23. The number of rotatable bonds is 3. The molecule has 0 N–H and O–H groups in total. The fourth-order valence-corrected chi connectivity index (χ4v) is 1.61. The van der Waals surface area contributed by atoms with E-state index >= 15 is 0 Å². The lowest BCUT2D eigenvalue weighted by Gasteiger charge is -2.14. The average molecular weight is 211 g/mol. The highest BCUT2D eigenvalue weighted by Gasteiger charge is 2.31. The van der Waals surface area contributed by atoms with Crippen LogP contribution in [0, 0.1) is 5.92 Å². The molecule has 0 saturated carbocycles. The lowest BCUT2D eigenvalue weighted by molar-refractivity contribution is -0.151. The summed E-state index contributed by atoms with van der Waals surface area (Å²) in [4.78, 5) is 24.4. The highest BCUT2D eigenvalue weighted by Crippen LogP contribution is 2.18. The Morgan fingerprint density at radius 1 is 1.53 bits per heavy atom. The second-order valence-corrected chi connectivity index (χ2v) is 3.96. The van der Waals surface area contributed by atoms with E-state index in [0.29, 0.717) is 19.5 Å². The zero-order valence-corrected chi connectivity index (χ0v) is 9.23. The number of amides is 1. The molecule has 4 nitrogen and oxygen atoms in total. The normalized spacial score (nSPS) is 20.5. The molecular formula is C11H17NO3. The molecule has 1 atom stereocenters. The fourth-order valence-electron chi connectivity index (χ4n) is 1.61. The summed E-state index contributed by atoms with van der Waals surface area (Å²) >= 11 is 0. The maximum atomic E-state index is 11.5. The van der Waals surface area contributed by atoms with Crippen molar-refractivity contribution in [3.8, 4) is 0 Å². The van der Waals surface area contributed by atoms with Crippen LogP contribution >= 0.6 is 0 Å². The molecule has 15 heavy (non-hydrogen) atoms. The van der Waals surface area contributed by atoms with E-state index in [4.69, 9.17) is 4.74 Å². The first-order valence-electron chi connectivity index (χ1n) is 5.16. The van der Waals surface area contributed by atoms with Gasteiger partial charge in [-0.05, 0) is 26.3 Å². The molecule has 0 aliphatic carbocycles. The number of hydrogen-bond acceptors (Lipinski definition) is 3. The minimum Gasteiger partial charge on any atom is -0.463 e. The van der Waals surface area contributed by atoms with E-state index in [1.165, 1.54) is 6.08 Å². The summed E-state index contributed by atoms with van der Waals surface area (Å²) in [5, 5.41) is 0. The third-order valence-electron chi connectivity index (χ3n) is 2.36. The summed E-state index contributed by atoms with van der Waals surface area (Å²) in [7, 11) is 0. The van der Waals surface area contributed by atoms with Gasteiger partial charge in [0, 0.05) is 13.1 Å². The van der Waals surface area contributed by atoms with Gasteiger partial charge in [0.1, 0.15) is 0 Å². The van der Waals surface area contributed by atoms with E-state index in [0.717, 1.165) is 0 Å². The Morgan fingerprint density at radius 2 is 2.20 bits per heavy atom. The van der Waals surface area contributed by atoms with Crippen LogP contribution in [-0.2, 0) is 14.3 Å². The fraction of sp³-hybridized carbons (Fsp3) is 0.636. The van der Waals surface area contributed by atoms with E-state index < -0.39 is 0 Å². The van der Waals surface area contributed by atoms with Gasteiger partial charge in [0.05, 0.1) is 12.0 Å². The quantitative estimate of drug-likeness (QED) is 0.516. The molecule has 1 unspecified atom stereocenters. The van der Waals surface area contributed by atoms with Crippen molar-refractivity contribution in [1.29, 1.82) is 0 Å². The Labute approximate surface area is 89.9 Å². The molecule has 1 amide bonds. The summed E-state index contributed by atoms with van der Waals surface area (Å²) < 4.78 is 5.09. The van der Waals surface area contributed by atoms with Crippen molar-refractivity contribution in [3.63, 3.8) is 0 Å². The molecule has 4 heteroatoms. The molecule has 0 aromatic heterocycles. The molecule has 0 spiro atoms. The lowest BCUT2D eigenvalue weighted by Crippen LogP contribution is -2.29. The van der Waals surface area contributed by atoms with Crippen molar-refractivity contribution in [3.05, 3.63) is 12.7 Å². The minimum atomic E-state index is -0.204. The molecular weight excluding hydrogens is 194 g/mol. The molecule has 1 rings (SSSR count). The van der Waals surface area contributed by atoms with Gasteiger partial charge in [0.2, 0.25) is 5.91 Å². The largest absolute Gasteiger partial charge is 0.463 e. The maximum absolute atomic E-state index is 11.5. The number of nitrogens with zero attached hydrogens (tertiary/aromatic N) is 1. The Morgan fingerprint density at radius 3 is 2.73 bits per heavy atom. The van der Waals surface area contributed by atoms with Crippen molar-refractivity contribution in [2.75, 3.05) is 13.1 Å². The van der Waals surface area contributed by atoms with Crippen molar-refractivity contribution in [1.82, 2.24) is 4.90 Å². The summed E-state index contributed by atoms with van der Waals surface area (Å²) in [6, 6.07) is 0. The number of hydrogen-bond donors (Lipinski definition) is 0. The Hall–Kier alpha value is -1.32. The van der Waals surface area contributed by atoms with Gasteiger partial charge >= 0.3 is 5.97 Å². The van der Waals surface area contributed by atoms with Crippen LogP contribution in [0.2, 0.25) is 0 Å². The standard InChI is InChI=1S/C11H17NO3/c1-4-10(13)12-6-5-9(7-12)11(14)15-8(2)3/h4,8-9H,1,5-7H2,2-3H3. The summed E-state index contributed by atoms with van der Waals surface area (Å²) in [5.74, 6) is -0.490. The van der Waals surface area contributed by atoms with Gasteiger partial charge in [-0.1, -0.05) is 6.58 Å². The number of carbonyl (C=O) groups excluding carboxylic acids is 2. The van der Waals surface area contributed by atoms with E-state index in [9.17, 15) is 9.59 Å². The van der Waals surface area contributed by atoms with Crippen molar-refractivity contribution >= 4 is 11.9 Å². The zero-order chi connectivity index (χ0) is 11.4. The number of carbonyl (C=O) groups is 2. The van der Waals surface area contributed by atoms with Crippen molar-refractivity contribution < 1.29 is 14.3 Å². The topological polar surface area (TPSA) is 46.6 Å². The molecule has 1 heterocycles. The van der Waals surface area contributed by atoms with Gasteiger partial charge < -0.3 is 9.64 Å². The summed E-state index contributed by atoms with van der Waals surface area (Å²) in [6.45, 7) is 8.12. The van der Waals surface area contributed by atoms with Gasteiger partial charge in [-0.15, -0.1) is 0 Å². The second kappa shape index (κ2) is 4.96. The maximum Gasteiger partial charge on any atom is 0.311 e. The van der Waals surface area contributed by atoms with E-state index in [1.807, 2.05) is 13.8 Å². The molecule has 0 aromatic carbocycles. The first-order chi connectivity index (χ1) is 7.04. The minimum absolute atomic E-state index is 0.0957. The number of esters is 1. The molecule has 84 valence electrons. The molecule has 1 aliphatic rings. The van der Waals surface area contributed by atoms with Crippen LogP contribution in [0.5, 0.6) is 0 Å².